The van der Waals surface area contributed by atoms with E-state index in [0.29, 0.717) is 30.5 Å². The van der Waals surface area contributed by atoms with Crippen LogP contribution in [0.1, 0.15) is 51.5 Å². The minimum atomic E-state index is -3.84. The maximum Gasteiger partial charge on any atom is 0.244 e. The number of sulfone groups is 1. The predicted octanol–water partition coefficient (Wildman–Crippen LogP) is 1.86. The summed E-state index contributed by atoms with van der Waals surface area (Å²) in [5.41, 5.74) is 7.38. The third-order valence-electron chi connectivity index (χ3n) is 9.79. The SMILES string of the molecule is CC(C)([C@H](NC(=O)CNc1ccccc1)C(=O)N[C@@H](Cc1ccccc1)[C@H](O)CN1CC2CCCCC2C[C@H]1C(N)=O)S(C)(=O)=O. The van der Waals surface area contributed by atoms with Gasteiger partial charge in [0.1, 0.15) is 6.04 Å². The van der Waals surface area contributed by atoms with Gasteiger partial charge in [-0.05, 0) is 62.6 Å². The second-order valence-corrected chi connectivity index (χ2v) is 16.0. The number of likely N-dealkylation sites (tertiary alicyclic amines) is 1. The predicted molar refractivity (Wildman–Crippen MR) is 178 cm³/mol. The van der Waals surface area contributed by atoms with Crippen molar-refractivity contribution in [1.29, 1.82) is 0 Å². The quantitative estimate of drug-likeness (QED) is 0.205. The fraction of sp³-hybridized carbons (Fsp3) is 0.559. The Morgan fingerprint density at radius 2 is 1.59 bits per heavy atom. The zero-order valence-corrected chi connectivity index (χ0v) is 27.8. The number of carbonyl (C=O) groups is 3. The number of nitrogens with zero attached hydrogens (tertiary/aromatic N) is 1. The van der Waals surface area contributed by atoms with E-state index in [-0.39, 0.29) is 19.5 Å². The maximum atomic E-state index is 14.0. The molecule has 1 saturated heterocycles. The number of primary amides is 1. The van der Waals surface area contributed by atoms with Crippen molar-refractivity contribution in [3.05, 3.63) is 66.2 Å². The number of piperidine rings is 1. The Balaban J connectivity index is 1.55. The van der Waals surface area contributed by atoms with Gasteiger partial charge in [-0.15, -0.1) is 0 Å². The minimum absolute atomic E-state index is 0.0993. The van der Waals surface area contributed by atoms with E-state index in [1.54, 1.807) is 12.1 Å². The number of hydrogen-bond acceptors (Lipinski definition) is 8. The number of hydrogen-bond donors (Lipinski definition) is 5. The average Bonchev–Trinajstić information content (AvgIpc) is 3.02. The van der Waals surface area contributed by atoms with Crippen LogP contribution in [-0.4, -0.2) is 91.0 Å². The van der Waals surface area contributed by atoms with Crippen molar-refractivity contribution >= 4 is 33.2 Å². The Hall–Kier alpha value is -3.48. The number of amides is 3. The van der Waals surface area contributed by atoms with E-state index in [9.17, 15) is 27.9 Å². The second kappa shape index (κ2) is 15.4. The maximum absolute atomic E-state index is 14.0. The molecule has 6 N–H and O–H groups in total. The molecule has 12 heteroatoms. The number of carbonyl (C=O) groups excluding carboxylic acids is 3. The van der Waals surface area contributed by atoms with Crippen molar-refractivity contribution < 1.29 is 27.9 Å². The molecule has 1 aliphatic carbocycles. The van der Waals surface area contributed by atoms with Gasteiger partial charge in [-0.3, -0.25) is 19.3 Å². The molecule has 2 aromatic rings. The molecular weight excluding hydrogens is 606 g/mol. The first-order chi connectivity index (χ1) is 21.8. The Morgan fingerprint density at radius 1 is 0.978 bits per heavy atom. The van der Waals surface area contributed by atoms with Crippen LogP contribution in [0.5, 0.6) is 0 Å². The number of anilines is 1. The highest BCUT2D eigenvalue weighted by molar-refractivity contribution is 7.92. The van der Waals surface area contributed by atoms with Crippen molar-refractivity contribution in [2.24, 2.45) is 17.6 Å². The summed E-state index contributed by atoms with van der Waals surface area (Å²) < 4.78 is 24.1. The normalized spacial score (nSPS) is 22.5. The van der Waals surface area contributed by atoms with Crippen molar-refractivity contribution in [3.63, 3.8) is 0 Å². The molecule has 6 atom stereocenters. The molecule has 0 spiro atoms. The van der Waals surface area contributed by atoms with Gasteiger partial charge >= 0.3 is 0 Å². The number of aliphatic hydroxyl groups is 1. The summed E-state index contributed by atoms with van der Waals surface area (Å²) >= 11 is 0. The van der Waals surface area contributed by atoms with Crippen LogP contribution in [0, 0.1) is 11.8 Å². The monoisotopic (exact) mass is 655 g/mol. The van der Waals surface area contributed by atoms with Crippen molar-refractivity contribution in [2.45, 2.75) is 81.3 Å². The van der Waals surface area contributed by atoms with Crippen molar-refractivity contribution in [2.75, 3.05) is 31.2 Å². The molecule has 0 aromatic heterocycles. The van der Waals surface area contributed by atoms with Crippen LogP contribution in [0.2, 0.25) is 0 Å². The number of β-amino-alcohol motifs (C(OH)–C–C–N with tert-alkyl or cyclic N) is 1. The van der Waals surface area contributed by atoms with Crippen molar-refractivity contribution in [3.8, 4) is 0 Å². The molecule has 2 unspecified atom stereocenters. The molecule has 0 bridgehead atoms. The first-order valence-electron chi connectivity index (χ1n) is 16.1. The van der Waals surface area contributed by atoms with Crippen LogP contribution < -0.4 is 21.7 Å². The third kappa shape index (κ3) is 9.07. The number of nitrogens with two attached hydrogens (primary N) is 1. The largest absolute Gasteiger partial charge is 0.390 e. The zero-order chi connectivity index (χ0) is 33.5. The Morgan fingerprint density at radius 3 is 2.20 bits per heavy atom. The van der Waals surface area contributed by atoms with Gasteiger partial charge in [-0.2, -0.15) is 0 Å². The van der Waals surface area contributed by atoms with E-state index < -0.39 is 56.5 Å². The Kier molecular flexibility index (Phi) is 11.8. The van der Waals surface area contributed by atoms with Gasteiger partial charge in [-0.25, -0.2) is 8.42 Å². The Labute approximate surface area is 272 Å². The minimum Gasteiger partial charge on any atom is -0.390 e. The van der Waals surface area contributed by atoms with Crippen LogP contribution in [0.25, 0.3) is 0 Å². The third-order valence-corrected chi connectivity index (χ3v) is 11.9. The molecule has 2 aromatic carbocycles. The molecule has 1 heterocycles. The summed E-state index contributed by atoms with van der Waals surface area (Å²) in [4.78, 5) is 41.5. The van der Waals surface area contributed by atoms with Gasteiger partial charge in [0.15, 0.2) is 9.84 Å². The van der Waals surface area contributed by atoms with Gasteiger partial charge < -0.3 is 26.8 Å². The van der Waals surface area contributed by atoms with Crippen LogP contribution in [0.3, 0.4) is 0 Å². The summed E-state index contributed by atoms with van der Waals surface area (Å²) in [6, 6.07) is 15.5. The number of fused-ring (bicyclic) bond motifs is 1. The average molecular weight is 656 g/mol. The fourth-order valence-corrected chi connectivity index (χ4v) is 7.30. The van der Waals surface area contributed by atoms with Gasteiger partial charge in [0.25, 0.3) is 0 Å². The van der Waals surface area contributed by atoms with E-state index in [2.05, 4.69) is 16.0 Å². The van der Waals surface area contributed by atoms with E-state index in [1.165, 1.54) is 13.8 Å². The van der Waals surface area contributed by atoms with Crippen LogP contribution in [-0.2, 0) is 30.6 Å². The fourth-order valence-electron chi connectivity index (χ4n) is 6.70. The molecule has 46 heavy (non-hydrogen) atoms. The van der Waals surface area contributed by atoms with E-state index >= 15 is 0 Å². The van der Waals surface area contributed by atoms with Gasteiger partial charge in [0, 0.05) is 25.0 Å². The summed E-state index contributed by atoms with van der Waals surface area (Å²) in [6.07, 6.45) is 5.20. The number of benzene rings is 2. The molecule has 0 radical (unpaired) electrons. The Bertz CT molecular complexity index is 1440. The molecule has 4 rings (SSSR count). The number of nitrogens with one attached hydrogen (secondary N) is 3. The first-order valence-corrected chi connectivity index (χ1v) is 18.0. The second-order valence-electron chi connectivity index (χ2n) is 13.4. The molecule has 3 amide bonds. The van der Waals surface area contributed by atoms with Gasteiger partial charge in [0.05, 0.1) is 29.5 Å². The lowest BCUT2D eigenvalue weighted by molar-refractivity contribution is -0.131. The molecule has 11 nitrogen and oxygen atoms in total. The molecule has 252 valence electrons. The van der Waals surface area contributed by atoms with E-state index in [0.717, 1.165) is 37.5 Å². The van der Waals surface area contributed by atoms with E-state index in [4.69, 9.17) is 5.73 Å². The van der Waals surface area contributed by atoms with Gasteiger partial charge in [0.2, 0.25) is 17.7 Å². The molecule has 2 fully saturated rings. The highest BCUT2D eigenvalue weighted by Gasteiger charge is 2.46. The molecular formula is C34H49N5O6S. The van der Waals surface area contributed by atoms with Crippen LogP contribution in [0.15, 0.2) is 60.7 Å². The van der Waals surface area contributed by atoms with Crippen LogP contribution >= 0.6 is 0 Å². The summed E-state index contributed by atoms with van der Waals surface area (Å²) in [5, 5.41) is 20.2. The first kappa shape index (κ1) is 35.4. The zero-order valence-electron chi connectivity index (χ0n) is 27.0. The van der Waals surface area contributed by atoms with E-state index in [1.807, 2.05) is 53.4 Å². The topological polar surface area (TPSA) is 171 Å². The molecule has 1 saturated carbocycles. The van der Waals surface area contributed by atoms with Crippen LogP contribution in [0.4, 0.5) is 5.69 Å². The highest BCUT2D eigenvalue weighted by atomic mass is 32.2. The number of para-hydroxylation sites is 1. The number of rotatable bonds is 14. The summed E-state index contributed by atoms with van der Waals surface area (Å²) in [5.74, 6) is -0.889. The number of aliphatic hydroxyl groups excluding tert-OH is 1. The lowest BCUT2D eigenvalue weighted by atomic mass is 9.72. The van der Waals surface area contributed by atoms with Gasteiger partial charge in [-0.1, -0.05) is 67.8 Å². The lowest BCUT2D eigenvalue weighted by Gasteiger charge is -2.46. The summed E-state index contributed by atoms with van der Waals surface area (Å²) in [6.45, 7) is 3.34. The molecule has 1 aliphatic heterocycles. The lowest BCUT2D eigenvalue weighted by Crippen LogP contribution is -2.64. The standard InChI is InChI=1S/C34H49N5O6S/c1-34(2,46(3,44)45)31(38-30(41)20-36-26-16-8-5-9-17-26)33(43)37-27(18-23-12-6-4-7-13-23)29(40)22-39-21-25-15-11-10-14-24(25)19-28(39)32(35)42/h4-9,12-13,16-17,24-25,27-29,31,36,40H,10-11,14-15,18-22H2,1-3H3,(H2,35,42)(H,37,43)(H,38,41)/t24?,25?,27-,28-,29+,31+/m0/s1. The molecule has 2 aliphatic rings. The summed E-state index contributed by atoms with van der Waals surface area (Å²) in [7, 11) is -3.84. The smallest absolute Gasteiger partial charge is 0.244 e. The van der Waals surface area contributed by atoms with Crippen molar-refractivity contribution in [1.82, 2.24) is 15.5 Å². The highest BCUT2D eigenvalue weighted by Crippen LogP contribution is 2.38.